The Bertz CT molecular complexity index is 1320. The van der Waals surface area contributed by atoms with E-state index < -0.39 is 0 Å². The molecule has 2 aromatic carbocycles. The van der Waals surface area contributed by atoms with Crippen LogP contribution in [0.15, 0.2) is 84.4 Å². The van der Waals surface area contributed by atoms with Gasteiger partial charge in [0, 0.05) is 12.2 Å². The summed E-state index contributed by atoms with van der Waals surface area (Å²) < 4.78 is 2.15. The molecule has 0 aliphatic carbocycles. The van der Waals surface area contributed by atoms with E-state index in [1.165, 1.54) is 16.9 Å². The van der Waals surface area contributed by atoms with E-state index in [9.17, 15) is 9.59 Å². The molecule has 6 heteroatoms. The van der Waals surface area contributed by atoms with Crippen molar-refractivity contribution in [2.75, 3.05) is 11.4 Å². The first-order valence-electron chi connectivity index (χ1n) is 11.5. The zero-order chi connectivity index (χ0) is 23.8. The quantitative estimate of drug-likeness (QED) is 0.369. The number of nitrogens with zero attached hydrogens (tertiary/aromatic N) is 3. The van der Waals surface area contributed by atoms with Crippen LogP contribution in [0, 0.1) is 6.92 Å². The van der Waals surface area contributed by atoms with Gasteiger partial charge in [-0.05, 0) is 62.0 Å². The van der Waals surface area contributed by atoms with Gasteiger partial charge in [-0.15, -0.1) is 11.3 Å². The summed E-state index contributed by atoms with van der Waals surface area (Å²) in [5.74, 6) is -0.219. The molecule has 0 N–H and O–H groups in total. The molecule has 34 heavy (non-hydrogen) atoms. The van der Waals surface area contributed by atoms with E-state index in [1.807, 2.05) is 72.8 Å². The lowest BCUT2D eigenvalue weighted by Crippen LogP contribution is -2.48. The third kappa shape index (κ3) is 3.84. The molecule has 0 saturated carbocycles. The average Bonchev–Trinajstić information content (AvgIpc) is 3.54. The van der Waals surface area contributed by atoms with Crippen molar-refractivity contribution in [1.29, 1.82) is 0 Å². The van der Waals surface area contributed by atoms with Crippen LogP contribution in [-0.4, -0.2) is 33.9 Å². The Morgan fingerprint density at radius 1 is 0.941 bits per heavy atom. The SMILES string of the molecule is Cc1ccc(C2c3cccn3-c3ccccc3N2C(=O)CN(C(=O)c2cccs2)C(C)C)cc1. The van der Waals surface area contributed by atoms with Gasteiger partial charge in [0.05, 0.1) is 21.9 Å². The molecule has 5 nitrogen and oxygen atoms in total. The number of amides is 2. The van der Waals surface area contributed by atoms with E-state index in [0.29, 0.717) is 4.88 Å². The summed E-state index contributed by atoms with van der Waals surface area (Å²) in [4.78, 5) is 31.5. The highest BCUT2D eigenvalue weighted by molar-refractivity contribution is 7.12. The average molecular weight is 470 g/mol. The van der Waals surface area contributed by atoms with Gasteiger partial charge in [0.25, 0.3) is 5.91 Å². The molecule has 1 unspecified atom stereocenters. The first kappa shape index (κ1) is 22.2. The van der Waals surface area contributed by atoms with Crippen molar-refractivity contribution in [3.8, 4) is 5.69 Å². The Morgan fingerprint density at radius 3 is 2.35 bits per heavy atom. The number of aryl methyl sites for hydroxylation is 1. The molecule has 0 spiro atoms. The summed E-state index contributed by atoms with van der Waals surface area (Å²) >= 11 is 1.40. The summed E-state index contributed by atoms with van der Waals surface area (Å²) in [5.41, 5.74) is 5.03. The van der Waals surface area contributed by atoms with Crippen molar-refractivity contribution in [1.82, 2.24) is 9.47 Å². The fourth-order valence-corrected chi connectivity index (χ4v) is 5.26. The van der Waals surface area contributed by atoms with Crippen LogP contribution < -0.4 is 4.90 Å². The van der Waals surface area contributed by atoms with Gasteiger partial charge in [-0.2, -0.15) is 0 Å². The zero-order valence-electron chi connectivity index (χ0n) is 19.5. The molecular formula is C28H27N3O2S. The number of carbonyl (C=O) groups is 2. The lowest BCUT2D eigenvalue weighted by molar-refractivity contribution is -0.120. The molecule has 4 aromatic rings. The number of para-hydroxylation sites is 2. The van der Waals surface area contributed by atoms with E-state index in [-0.39, 0.29) is 30.4 Å². The van der Waals surface area contributed by atoms with Crippen LogP contribution >= 0.6 is 11.3 Å². The molecule has 172 valence electrons. The Labute approximate surface area is 203 Å². The number of rotatable bonds is 5. The van der Waals surface area contributed by atoms with Crippen molar-refractivity contribution in [2.45, 2.75) is 32.9 Å². The summed E-state index contributed by atoms with van der Waals surface area (Å²) in [6.45, 7) is 5.96. The molecule has 0 radical (unpaired) electrons. The second-order valence-corrected chi connectivity index (χ2v) is 9.82. The number of aromatic nitrogens is 1. The smallest absolute Gasteiger partial charge is 0.264 e. The molecule has 1 aliphatic heterocycles. The van der Waals surface area contributed by atoms with Crippen molar-refractivity contribution >= 4 is 28.8 Å². The van der Waals surface area contributed by atoms with E-state index in [1.54, 1.807) is 4.90 Å². The fourth-order valence-electron chi connectivity index (χ4n) is 4.58. The van der Waals surface area contributed by atoms with Gasteiger partial charge in [-0.25, -0.2) is 0 Å². The van der Waals surface area contributed by atoms with Gasteiger partial charge >= 0.3 is 0 Å². The molecule has 0 fully saturated rings. The van der Waals surface area contributed by atoms with E-state index >= 15 is 0 Å². The van der Waals surface area contributed by atoms with Crippen LogP contribution in [-0.2, 0) is 4.79 Å². The van der Waals surface area contributed by atoms with Crippen molar-refractivity contribution < 1.29 is 9.59 Å². The van der Waals surface area contributed by atoms with Crippen LogP contribution in [0.2, 0.25) is 0 Å². The molecule has 2 amide bonds. The predicted molar refractivity (Wildman–Crippen MR) is 137 cm³/mol. The maximum absolute atomic E-state index is 14.1. The second-order valence-electron chi connectivity index (χ2n) is 8.87. The van der Waals surface area contributed by atoms with Gasteiger partial charge in [0.15, 0.2) is 0 Å². The van der Waals surface area contributed by atoms with E-state index in [2.05, 4.69) is 41.8 Å². The fraction of sp³-hybridized carbons (Fsp3) is 0.214. The summed E-state index contributed by atoms with van der Waals surface area (Å²) in [7, 11) is 0. The lowest BCUT2D eigenvalue weighted by Gasteiger charge is -2.40. The summed E-state index contributed by atoms with van der Waals surface area (Å²) in [5, 5.41) is 1.88. The molecule has 1 atom stereocenters. The van der Waals surface area contributed by atoms with Gasteiger partial charge in [0.2, 0.25) is 5.91 Å². The highest BCUT2D eigenvalue weighted by Gasteiger charge is 2.37. The Kier molecular flexibility index (Phi) is 5.84. The topological polar surface area (TPSA) is 45.6 Å². The molecular weight excluding hydrogens is 442 g/mol. The van der Waals surface area contributed by atoms with Gasteiger partial charge in [-0.1, -0.05) is 48.0 Å². The third-order valence-corrected chi connectivity index (χ3v) is 7.16. The van der Waals surface area contributed by atoms with E-state index in [0.717, 1.165) is 22.6 Å². The highest BCUT2D eigenvalue weighted by atomic mass is 32.1. The number of carbonyl (C=O) groups excluding carboxylic acids is 2. The van der Waals surface area contributed by atoms with Crippen molar-refractivity contribution in [3.05, 3.63) is 106 Å². The van der Waals surface area contributed by atoms with Gasteiger partial charge < -0.3 is 9.47 Å². The normalized spacial score (nSPS) is 14.6. The first-order chi connectivity index (χ1) is 16.5. The largest absolute Gasteiger partial charge is 0.326 e. The van der Waals surface area contributed by atoms with Crippen LogP contribution in [0.25, 0.3) is 5.69 Å². The third-order valence-electron chi connectivity index (χ3n) is 6.30. The van der Waals surface area contributed by atoms with Crippen LogP contribution in [0.1, 0.15) is 46.4 Å². The van der Waals surface area contributed by atoms with Crippen LogP contribution in [0.4, 0.5) is 5.69 Å². The van der Waals surface area contributed by atoms with Crippen LogP contribution in [0.5, 0.6) is 0 Å². The number of hydrogen-bond donors (Lipinski definition) is 0. The highest BCUT2D eigenvalue weighted by Crippen LogP contribution is 2.42. The van der Waals surface area contributed by atoms with E-state index in [4.69, 9.17) is 0 Å². The second kappa shape index (κ2) is 8.95. The maximum Gasteiger partial charge on any atom is 0.264 e. The van der Waals surface area contributed by atoms with Crippen LogP contribution in [0.3, 0.4) is 0 Å². The van der Waals surface area contributed by atoms with Gasteiger partial charge in [-0.3, -0.25) is 14.5 Å². The minimum absolute atomic E-state index is 0.00576. The summed E-state index contributed by atoms with van der Waals surface area (Å²) in [6, 6.07) is 23.6. The molecule has 2 aromatic heterocycles. The number of fused-ring (bicyclic) bond motifs is 3. The lowest BCUT2D eigenvalue weighted by atomic mass is 9.97. The van der Waals surface area contributed by atoms with Gasteiger partial charge in [0.1, 0.15) is 12.6 Å². The Morgan fingerprint density at radius 2 is 1.68 bits per heavy atom. The monoisotopic (exact) mass is 469 g/mol. The molecule has 0 saturated heterocycles. The molecule has 5 rings (SSSR count). The number of thiophene rings is 1. The minimum atomic E-state index is -0.288. The predicted octanol–water partition coefficient (Wildman–Crippen LogP) is 5.83. The number of anilines is 1. The Balaban J connectivity index is 1.59. The Hall–Kier alpha value is -3.64. The standard InChI is InChI=1S/C28H27N3O2S/c1-19(2)30(28(33)25-11-7-17-34-25)18-26(32)31-23-9-5-4-8-22(23)29-16-6-10-24(29)27(31)21-14-12-20(3)13-15-21/h4-17,19,27H,18H2,1-3H3. The molecule has 0 bridgehead atoms. The number of benzene rings is 2. The maximum atomic E-state index is 14.1. The zero-order valence-corrected chi connectivity index (χ0v) is 20.3. The van der Waals surface area contributed by atoms with Crippen molar-refractivity contribution in [3.63, 3.8) is 0 Å². The number of hydrogen-bond acceptors (Lipinski definition) is 3. The molecule has 1 aliphatic rings. The summed E-state index contributed by atoms with van der Waals surface area (Å²) in [6.07, 6.45) is 2.04. The molecule has 3 heterocycles. The van der Waals surface area contributed by atoms with Crippen molar-refractivity contribution in [2.24, 2.45) is 0 Å². The minimum Gasteiger partial charge on any atom is -0.326 e. The first-order valence-corrected chi connectivity index (χ1v) is 12.3.